The van der Waals surface area contributed by atoms with E-state index in [1.54, 1.807) is 0 Å². The molecule has 0 spiro atoms. The zero-order valence-corrected chi connectivity index (χ0v) is 12.7. The van der Waals surface area contributed by atoms with Crippen LogP contribution in [0, 0.1) is 24.7 Å². The molecular formula is C15H21NO2S. The van der Waals surface area contributed by atoms with Gasteiger partial charge in [0, 0.05) is 12.5 Å². The van der Waals surface area contributed by atoms with Crippen LogP contribution in [0.4, 0.5) is 0 Å². The lowest BCUT2D eigenvalue weighted by Crippen LogP contribution is -2.35. The second-order valence-electron chi connectivity index (χ2n) is 4.90. The summed E-state index contributed by atoms with van der Waals surface area (Å²) >= 11 is 1.40. The third kappa shape index (κ3) is 4.70. The van der Waals surface area contributed by atoms with Gasteiger partial charge in [-0.05, 0) is 31.4 Å². The highest BCUT2D eigenvalue weighted by Gasteiger charge is 2.15. The Bertz CT molecular complexity index is 494. The maximum atomic E-state index is 12.1. The lowest BCUT2D eigenvalue weighted by Gasteiger charge is -2.16. The van der Waals surface area contributed by atoms with Crippen LogP contribution in [0.25, 0.3) is 0 Å². The Balaban J connectivity index is 2.78. The van der Waals surface area contributed by atoms with Crippen LogP contribution in [0.2, 0.25) is 0 Å². The maximum Gasteiger partial charge on any atom is 0.261 e. The minimum Gasteiger partial charge on any atom is -0.395 e. The Morgan fingerprint density at radius 2 is 2.16 bits per heavy atom. The van der Waals surface area contributed by atoms with Crippen LogP contribution in [-0.4, -0.2) is 23.7 Å². The van der Waals surface area contributed by atoms with Gasteiger partial charge in [0.25, 0.3) is 5.91 Å². The maximum absolute atomic E-state index is 12.1. The van der Waals surface area contributed by atoms with E-state index >= 15 is 0 Å². The van der Waals surface area contributed by atoms with E-state index in [2.05, 4.69) is 31.0 Å². The van der Waals surface area contributed by atoms with E-state index in [0.717, 1.165) is 10.4 Å². The first-order valence-corrected chi connectivity index (χ1v) is 7.28. The molecule has 3 nitrogen and oxygen atoms in total. The molecule has 0 saturated carbocycles. The van der Waals surface area contributed by atoms with Crippen molar-refractivity contribution in [2.24, 2.45) is 5.92 Å². The topological polar surface area (TPSA) is 49.3 Å². The molecule has 0 aliphatic heterocycles. The Kier molecular flexibility index (Phi) is 6.07. The molecule has 19 heavy (non-hydrogen) atoms. The number of nitrogens with one attached hydrogen (secondary N) is 1. The molecule has 1 unspecified atom stereocenters. The first-order valence-electron chi connectivity index (χ1n) is 6.46. The summed E-state index contributed by atoms with van der Waals surface area (Å²) in [5.41, 5.74) is 1.01. The lowest BCUT2D eigenvalue weighted by atomic mass is 10.1. The first-order chi connectivity index (χ1) is 8.95. The van der Waals surface area contributed by atoms with Crippen molar-refractivity contribution in [1.82, 2.24) is 5.32 Å². The van der Waals surface area contributed by atoms with E-state index in [0.29, 0.717) is 17.2 Å². The SMILES string of the molecule is Cc1cc(C(=O)NC(C)C(C)C)sc1C#CCCO. The van der Waals surface area contributed by atoms with E-state index in [1.807, 2.05) is 19.9 Å². The van der Waals surface area contributed by atoms with Gasteiger partial charge in [-0.3, -0.25) is 4.79 Å². The van der Waals surface area contributed by atoms with E-state index in [9.17, 15) is 4.79 Å². The number of hydrogen-bond acceptors (Lipinski definition) is 3. The molecule has 1 aromatic rings. The number of aryl methyl sites for hydroxylation is 1. The Labute approximate surface area is 119 Å². The number of carbonyl (C=O) groups is 1. The van der Waals surface area contributed by atoms with Gasteiger partial charge >= 0.3 is 0 Å². The Morgan fingerprint density at radius 1 is 1.47 bits per heavy atom. The molecule has 0 aromatic carbocycles. The van der Waals surface area contributed by atoms with Crippen molar-refractivity contribution >= 4 is 17.2 Å². The minimum atomic E-state index is -0.0375. The Hall–Kier alpha value is -1.31. The fourth-order valence-electron chi connectivity index (χ4n) is 1.36. The summed E-state index contributed by atoms with van der Waals surface area (Å²) in [6.45, 7) is 8.18. The largest absolute Gasteiger partial charge is 0.395 e. The smallest absolute Gasteiger partial charge is 0.261 e. The number of aliphatic hydroxyl groups excluding tert-OH is 1. The summed E-state index contributed by atoms with van der Waals surface area (Å²) < 4.78 is 0. The number of thiophene rings is 1. The molecule has 1 heterocycles. The molecule has 0 fully saturated rings. The average Bonchev–Trinajstić information content (AvgIpc) is 2.71. The van der Waals surface area contributed by atoms with Crippen molar-refractivity contribution in [2.75, 3.05) is 6.61 Å². The Morgan fingerprint density at radius 3 is 2.74 bits per heavy atom. The molecule has 0 bridgehead atoms. The molecule has 0 aliphatic rings. The number of aliphatic hydroxyl groups is 1. The molecule has 0 saturated heterocycles. The highest BCUT2D eigenvalue weighted by Crippen LogP contribution is 2.21. The number of carbonyl (C=O) groups excluding carboxylic acids is 1. The summed E-state index contributed by atoms with van der Waals surface area (Å²) in [4.78, 5) is 13.7. The second-order valence-corrected chi connectivity index (χ2v) is 5.96. The molecule has 2 N–H and O–H groups in total. The van der Waals surface area contributed by atoms with Gasteiger partial charge in [-0.2, -0.15) is 0 Å². The summed E-state index contributed by atoms with van der Waals surface area (Å²) in [5.74, 6) is 6.25. The number of amides is 1. The molecule has 1 amide bonds. The third-order valence-corrected chi connectivity index (χ3v) is 4.09. The molecule has 1 aromatic heterocycles. The van der Waals surface area contributed by atoms with Crippen molar-refractivity contribution in [3.8, 4) is 11.8 Å². The molecule has 1 atom stereocenters. The molecule has 0 aliphatic carbocycles. The molecular weight excluding hydrogens is 258 g/mol. The highest BCUT2D eigenvalue weighted by molar-refractivity contribution is 7.14. The highest BCUT2D eigenvalue weighted by atomic mass is 32.1. The average molecular weight is 279 g/mol. The second kappa shape index (κ2) is 7.32. The quantitative estimate of drug-likeness (QED) is 0.832. The number of hydrogen-bond donors (Lipinski definition) is 2. The van der Waals surface area contributed by atoms with Crippen LogP contribution < -0.4 is 5.32 Å². The van der Waals surface area contributed by atoms with Gasteiger partial charge < -0.3 is 10.4 Å². The van der Waals surface area contributed by atoms with E-state index in [4.69, 9.17) is 5.11 Å². The molecule has 1 rings (SSSR count). The third-order valence-electron chi connectivity index (χ3n) is 2.94. The van der Waals surface area contributed by atoms with Crippen molar-refractivity contribution in [3.63, 3.8) is 0 Å². The fourth-order valence-corrected chi connectivity index (χ4v) is 2.31. The van der Waals surface area contributed by atoms with Crippen molar-refractivity contribution in [1.29, 1.82) is 0 Å². The monoisotopic (exact) mass is 279 g/mol. The number of rotatable bonds is 4. The van der Waals surface area contributed by atoms with Gasteiger partial charge in [0.15, 0.2) is 0 Å². The van der Waals surface area contributed by atoms with Gasteiger partial charge in [-0.15, -0.1) is 11.3 Å². The normalized spacial score (nSPS) is 11.9. The molecule has 104 valence electrons. The van der Waals surface area contributed by atoms with Gasteiger partial charge in [0.2, 0.25) is 0 Å². The van der Waals surface area contributed by atoms with Crippen LogP contribution in [-0.2, 0) is 0 Å². The van der Waals surface area contributed by atoms with E-state index in [1.165, 1.54) is 11.3 Å². The van der Waals surface area contributed by atoms with Crippen LogP contribution in [0.15, 0.2) is 6.07 Å². The van der Waals surface area contributed by atoms with Crippen molar-refractivity contribution in [3.05, 3.63) is 21.4 Å². The minimum absolute atomic E-state index is 0.0375. The van der Waals surface area contributed by atoms with Gasteiger partial charge in [-0.1, -0.05) is 25.7 Å². The zero-order chi connectivity index (χ0) is 14.4. The van der Waals surface area contributed by atoms with Gasteiger partial charge in [0.1, 0.15) is 0 Å². The predicted molar refractivity (Wildman–Crippen MR) is 79.4 cm³/mol. The standard InChI is InChI=1S/C15H21NO2S/c1-10(2)12(4)16-15(18)14-9-11(3)13(19-14)7-5-6-8-17/h9-10,12,17H,6,8H2,1-4H3,(H,16,18). The zero-order valence-electron chi connectivity index (χ0n) is 11.9. The summed E-state index contributed by atoms with van der Waals surface area (Å²) in [6.07, 6.45) is 0.462. The summed E-state index contributed by atoms with van der Waals surface area (Å²) in [7, 11) is 0. The van der Waals surface area contributed by atoms with Crippen LogP contribution in [0.3, 0.4) is 0 Å². The van der Waals surface area contributed by atoms with Crippen LogP contribution in [0.5, 0.6) is 0 Å². The van der Waals surface area contributed by atoms with Crippen molar-refractivity contribution in [2.45, 2.75) is 40.2 Å². The summed E-state index contributed by atoms with van der Waals surface area (Å²) in [6, 6.07) is 2.02. The van der Waals surface area contributed by atoms with Crippen LogP contribution in [0.1, 0.15) is 47.3 Å². The van der Waals surface area contributed by atoms with Crippen LogP contribution >= 0.6 is 11.3 Å². The van der Waals surface area contributed by atoms with Gasteiger partial charge in [0.05, 0.1) is 16.4 Å². The molecule has 0 radical (unpaired) electrons. The fraction of sp³-hybridized carbons (Fsp3) is 0.533. The predicted octanol–water partition coefficient (Wildman–Crippen LogP) is 2.56. The summed E-state index contributed by atoms with van der Waals surface area (Å²) in [5, 5.41) is 11.7. The molecule has 4 heteroatoms. The van der Waals surface area contributed by atoms with E-state index in [-0.39, 0.29) is 18.6 Å². The van der Waals surface area contributed by atoms with E-state index < -0.39 is 0 Å². The lowest BCUT2D eigenvalue weighted by molar-refractivity contribution is 0.0934. The van der Waals surface area contributed by atoms with Crippen molar-refractivity contribution < 1.29 is 9.90 Å². The first kappa shape index (κ1) is 15.7. The van der Waals surface area contributed by atoms with Gasteiger partial charge in [-0.25, -0.2) is 0 Å².